The van der Waals surface area contributed by atoms with E-state index in [9.17, 15) is 9.00 Å². The maximum Gasteiger partial charge on any atom is 0.295 e. The fraction of sp³-hybridized carbons (Fsp3) is 0.600. The highest BCUT2D eigenvalue weighted by molar-refractivity contribution is 7.85. The molecule has 2 heterocycles. The molecule has 0 amide bonds. The van der Waals surface area contributed by atoms with Crippen molar-refractivity contribution in [1.82, 2.24) is 9.97 Å². The summed E-state index contributed by atoms with van der Waals surface area (Å²) < 4.78 is 16.2. The highest BCUT2D eigenvalue weighted by Crippen LogP contribution is 2.19. The first-order valence-electron chi connectivity index (χ1n) is 5.44. The Hall–Kier alpha value is -1.37. The molecular formula is C10H15N3O3S. The molecule has 1 aromatic rings. The summed E-state index contributed by atoms with van der Waals surface area (Å²) in [5.41, 5.74) is -0.301. The van der Waals surface area contributed by atoms with Crippen LogP contribution in [0.1, 0.15) is 12.8 Å². The summed E-state index contributed by atoms with van der Waals surface area (Å²) in [5, 5.41) is 3.17. The van der Waals surface area contributed by atoms with Crippen LogP contribution in [-0.4, -0.2) is 38.8 Å². The smallest absolute Gasteiger partial charge is 0.295 e. The Morgan fingerprint density at radius 1 is 1.53 bits per heavy atom. The number of nitrogens with one attached hydrogen (secondary N) is 2. The number of hydrogen-bond acceptors (Lipinski definition) is 5. The Morgan fingerprint density at radius 2 is 2.24 bits per heavy atom. The number of hydrogen-bond donors (Lipinski definition) is 2. The van der Waals surface area contributed by atoms with Crippen molar-refractivity contribution in [3.8, 4) is 5.75 Å². The van der Waals surface area contributed by atoms with Crippen LogP contribution in [0.2, 0.25) is 0 Å². The second-order valence-electron chi connectivity index (χ2n) is 3.88. The quantitative estimate of drug-likeness (QED) is 0.802. The molecule has 0 aliphatic carbocycles. The molecular weight excluding hydrogens is 242 g/mol. The Labute approximate surface area is 101 Å². The van der Waals surface area contributed by atoms with Gasteiger partial charge in [0.15, 0.2) is 5.82 Å². The van der Waals surface area contributed by atoms with Gasteiger partial charge in [-0.2, -0.15) is 0 Å². The zero-order chi connectivity index (χ0) is 12.3. The van der Waals surface area contributed by atoms with Gasteiger partial charge in [0.1, 0.15) is 0 Å². The minimum Gasteiger partial charge on any atom is -0.489 e. The molecule has 0 saturated carbocycles. The van der Waals surface area contributed by atoms with Crippen molar-refractivity contribution in [3.05, 3.63) is 16.7 Å². The van der Waals surface area contributed by atoms with Crippen molar-refractivity contribution in [2.45, 2.75) is 18.9 Å². The highest BCUT2D eigenvalue weighted by Gasteiger charge is 2.20. The van der Waals surface area contributed by atoms with Gasteiger partial charge >= 0.3 is 0 Å². The van der Waals surface area contributed by atoms with Gasteiger partial charge in [-0.05, 0) is 12.8 Å². The monoisotopic (exact) mass is 257 g/mol. The third-order valence-electron chi connectivity index (χ3n) is 2.74. The van der Waals surface area contributed by atoms with Crippen LogP contribution < -0.4 is 15.6 Å². The van der Waals surface area contributed by atoms with Gasteiger partial charge < -0.3 is 15.0 Å². The topological polar surface area (TPSA) is 84.1 Å². The maximum atomic E-state index is 11.5. The van der Waals surface area contributed by atoms with E-state index in [0.717, 1.165) is 12.8 Å². The number of aromatic nitrogens is 2. The average Bonchev–Trinajstić information content (AvgIpc) is 2.32. The summed E-state index contributed by atoms with van der Waals surface area (Å²) >= 11 is 0. The van der Waals surface area contributed by atoms with Crippen molar-refractivity contribution >= 4 is 16.6 Å². The molecule has 0 bridgehead atoms. The molecule has 1 aliphatic rings. The van der Waals surface area contributed by atoms with Crippen molar-refractivity contribution < 1.29 is 8.95 Å². The molecule has 17 heavy (non-hydrogen) atoms. The molecule has 7 heteroatoms. The molecule has 2 rings (SSSR count). The number of ether oxygens (including phenoxy) is 1. The van der Waals surface area contributed by atoms with E-state index in [1.807, 2.05) is 0 Å². The molecule has 0 atom stereocenters. The van der Waals surface area contributed by atoms with Crippen molar-refractivity contribution in [2.75, 3.05) is 23.9 Å². The Balaban J connectivity index is 2.11. The molecule has 1 aromatic heterocycles. The van der Waals surface area contributed by atoms with Crippen LogP contribution in [0.5, 0.6) is 5.75 Å². The van der Waals surface area contributed by atoms with Gasteiger partial charge in [0.25, 0.3) is 5.56 Å². The largest absolute Gasteiger partial charge is 0.489 e. The number of anilines is 1. The summed E-state index contributed by atoms with van der Waals surface area (Å²) in [7, 11) is 0.748. The number of nitrogens with zero attached hydrogens (tertiary/aromatic N) is 1. The summed E-state index contributed by atoms with van der Waals surface area (Å²) in [6.45, 7) is 0. The predicted octanol–water partition coefficient (Wildman–Crippen LogP) is 0.101. The number of H-pyrrole nitrogens is 1. The molecule has 94 valence electrons. The highest BCUT2D eigenvalue weighted by atomic mass is 32.2. The molecule has 1 saturated heterocycles. The minimum absolute atomic E-state index is 0.194. The lowest BCUT2D eigenvalue weighted by Crippen LogP contribution is -2.30. The fourth-order valence-corrected chi connectivity index (χ4v) is 3.11. The van der Waals surface area contributed by atoms with Crippen LogP contribution in [0, 0.1) is 0 Å². The first-order chi connectivity index (χ1) is 8.20. The van der Waals surface area contributed by atoms with E-state index in [1.165, 1.54) is 13.4 Å². The van der Waals surface area contributed by atoms with Crippen LogP contribution in [0.25, 0.3) is 0 Å². The third kappa shape index (κ3) is 2.85. The van der Waals surface area contributed by atoms with Gasteiger partial charge in [0.05, 0.1) is 13.4 Å². The van der Waals surface area contributed by atoms with E-state index in [4.69, 9.17) is 4.74 Å². The Kier molecular flexibility index (Phi) is 3.78. The van der Waals surface area contributed by atoms with Crippen molar-refractivity contribution in [2.24, 2.45) is 0 Å². The lowest BCUT2D eigenvalue weighted by atomic mass is 10.1. The SMILES string of the molecule is COc1c(NC2CCS(=O)CC2)nc[nH]c1=O. The standard InChI is InChI=1S/C10H15N3O3S/c1-16-8-9(11-6-12-10(8)14)13-7-2-4-17(15)5-3-7/h6-7H,2-5H2,1H3,(H2,11,12,13,14). The molecule has 2 N–H and O–H groups in total. The van der Waals surface area contributed by atoms with Crippen LogP contribution >= 0.6 is 0 Å². The summed E-state index contributed by atoms with van der Waals surface area (Å²) in [4.78, 5) is 18.0. The number of rotatable bonds is 3. The lowest BCUT2D eigenvalue weighted by Gasteiger charge is -2.23. The molecule has 6 nitrogen and oxygen atoms in total. The first-order valence-corrected chi connectivity index (χ1v) is 6.92. The predicted molar refractivity (Wildman–Crippen MR) is 65.9 cm³/mol. The lowest BCUT2D eigenvalue weighted by molar-refractivity contribution is 0.407. The molecule has 1 aliphatic heterocycles. The van der Waals surface area contributed by atoms with Gasteiger partial charge in [-0.25, -0.2) is 4.98 Å². The number of aromatic amines is 1. The molecule has 0 radical (unpaired) electrons. The van der Waals surface area contributed by atoms with Gasteiger partial charge in [-0.3, -0.25) is 9.00 Å². The average molecular weight is 257 g/mol. The van der Waals surface area contributed by atoms with E-state index in [0.29, 0.717) is 17.3 Å². The summed E-state index contributed by atoms with van der Waals surface area (Å²) in [6, 6.07) is 0.205. The van der Waals surface area contributed by atoms with Crippen molar-refractivity contribution in [1.29, 1.82) is 0 Å². The molecule has 1 fully saturated rings. The fourth-order valence-electron chi connectivity index (χ4n) is 1.81. The summed E-state index contributed by atoms with van der Waals surface area (Å²) in [5.74, 6) is 2.04. The number of methoxy groups -OCH3 is 1. The summed E-state index contributed by atoms with van der Waals surface area (Å²) in [6.07, 6.45) is 2.99. The maximum absolute atomic E-state index is 11.5. The van der Waals surface area contributed by atoms with Crippen LogP contribution in [-0.2, 0) is 10.8 Å². The third-order valence-corrected chi connectivity index (χ3v) is 4.13. The van der Waals surface area contributed by atoms with Crippen LogP contribution in [0.15, 0.2) is 11.1 Å². The molecule has 0 unspecified atom stereocenters. The second kappa shape index (κ2) is 5.31. The van der Waals surface area contributed by atoms with Crippen molar-refractivity contribution in [3.63, 3.8) is 0 Å². The zero-order valence-electron chi connectivity index (χ0n) is 9.56. The van der Waals surface area contributed by atoms with Crippen LogP contribution in [0.4, 0.5) is 5.82 Å². The van der Waals surface area contributed by atoms with Gasteiger partial charge in [-0.1, -0.05) is 0 Å². The van der Waals surface area contributed by atoms with E-state index >= 15 is 0 Å². The van der Waals surface area contributed by atoms with Gasteiger partial charge in [0, 0.05) is 28.3 Å². The van der Waals surface area contributed by atoms with Gasteiger partial charge in [0.2, 0.25) is 5.75 Å². The second-order valence-corrected chi connectivity index (χ2v) is 5.58. The van der Waals surface area contributed by atoms with E-state index < -0.39 is 10.8 Å². The minimum atomic E-state index is -0.690. The van der Waals surface area contributed by atoms with Gasteiger partial charge in [-0.15, -0.1) is 0 Å². The molecule has 0 aromatic carbocycles. The Bertz CT molecular complexity index is 464. The van der Waals surface area contributed by atoms with E-state index in [2.05, 4.69) is 15.3 Å². The van der Waals surface area contributed by atoms with Crippen LogP contribution in [0.3, 0.4) is 0 Å². The molecule has 0 spiro atoms. The Morgan fingerprint density at radius 3 is 2.88 bits per heavy atom. The normalized spacial score (nSPS) is 24.3. The zero-order valence-corrected chi connectivity index (χ0v) is 10.4. The first kappa shape index (κ1) is 12.1. The van der Waals surface area contributed by atoms with E-state index in [-0.39, 0.29) is 17.4 Å². The van der Waals surface area contributed by atoms with E-state index in [1.54, 1.807) is 0 Å².